The van der Waals surface area contributed by atoms with Gasteiger partial charge in [-0.15, -0.1) is 0 Å². The van der Waals surface area contributed by atoms with E-state index in [0.717, 1.165) is 53.7 Å². The SMILES string of the molecule is Cc1c(CC(=O)NC2CC3(C2)CC(c2n[nH]c(=O)c4ccccc24)C3)cnn1-c1ccccc1. The van der Waals surface area contributed by atoms with Crippen LogP contribution in [0.5, 0.6) is 0 Å². The average molecular weight is 454 g/mol. The van der Waals surface area contributed by atoms with Gasteiger partial charge in [-0.2, -0.15) is 10.2 Å². The van der Waals surface area contributed by atoms with Crippen LogP contribution in [0.15, 0.2) is 65.6 Å². The fourth-order valence-corrected chi connectivity index (χ4v) is 5.95. The van der Waals surface area contributed by atoms with Crippen molar-refractivity contribution in [2.45, 2.75) is 51.0 Å². The topological polar surface area (TPSA) is 92.7 Å². The molecule has 4 aromatic rings. The van der Waals surface area contributed by atoms with Crippen molar-refractivity contribution < 1.29 is 4.79 Å². The summed E-state index contributed by atoms with van der Waals surface area (Å²) in [7, 11) is 0. The summed E-state index contributed by atoms with van der Waals surface area (Å²) in [6, 6.07) is 17.9. The van der Waals surface area contributed by atoms with E-state index in [2.05, 4.69) is 20.6 Å². The Hall–Kier alpha value is -3.74. The lowest BCUT2D eigenvalue weighted by molar-refractivity contribution is -0.124. The highest BCUT2D eigenvalue weighted by atomic mass is 16.1. The number of H-pyrrole nitrogens is 1. The molecule has 2 saturated carbocycles. The summed E-state index contributed by atoms with van der Waals surface area (Å²) in [5, 5.41) is 16.4. The van der Waals surface area contributed by atoms with Crippen LogP contribution in [0.2, 0.25) is 0 Å². The molecule has 2 aliphatic rings. The van der Waals surface area contributed by atoms with E-state index in [-0.39, 0.29) is 17.5 Å². The fraction of sp³-hybridized carbons (Fsp3) is 0.333. The molecule has 0 atom stereocenters. The van der Waals surface area contributed by atoms with Crippen LogP contribution in [-0.2, 0) is 11.2 Å². The van der Waals surface area contributed by atoms with Gasteiger partial charge in [0, 0.05) is 28.6 Å². The maximum atomic E-state index is 12.7. The predicted octanol–water partition coefficient (Wildman–Crippen LogP) is 3.80. The number of nitrogens with one attached hydrogen (secondary N) is 2. The van der Waals surface area contributed by atoms with Crippen LogP contribution in [0.1, 0.15) is 48.6 Å². The van der Waals surface area contributed by atoms with E-state index >= 15 is 0 Å². The highest BCUT2D eigenvalue weighted by Gasteiger charge is 2.54. The number of hydrogen-bond acceptors (Lipinski definition) is 4. The molecule has 0 unspecified atom stereocenters. The van der Waals surface area contributed by atoms with Crippen LogP contribution >= 0.6 is 0 Å². The number of aromatic amines is 1. The molecule has 2 aromatic heterocycles. The van der Waals surface area contributed by atoms with Gasteiger partial charge in [-0.1, -0.05) is 36.4 Å². The molecule has 172 valence electrons. The Morgan fingerprint density at radius 1 is 1.06 bits per heavy atom. The largest absolute Gasteiger partial charge is 0.353 e. The number of benzene rings is 2. The molecule has 34 heavy (non-hydrogen) atoms. The first-order valence-electron chi connectivity index (χ1n) is 11.9. The van der Waals surface area contributed by atoms with Gasteiger partial charge in [0.25, 0.3) is 5.56 Å². The Labute approximate surface area is 197 Å². The first-order chi connectivity index (χ1) is 16.5. The molecule has 7 nitrogen and oxygen atoms in total. The van der Waals surface area contributed by atoms with Crippen LogP contribution in [0.25, 0.3) is 16.5 Å². The van der Waals surface area contributed by atoms with Crippen molar-refractivity contribution in [3.8, 4) is 5.69 Å². The molecular weight excluding hydrogens is 426 g/mol. The van der Waals surface area contributed by atoms with Crippen molar-refractivity contribution in [2.75, 3.05) is 0 Å². The predicted molar refractivity (Wildman–Crippen MR) is 130 cm³/mol. The molecule has 2 fully saturated rings. The van der Waals surface area contributed by atoms with E-state index in [4.69, 9.17) is 0 Å². The number of carbonyl (C=O) groups is 1. The minimum Gasteiger partial charge on any atom is -0.353 e. The van der Waals surface area contributed by atoms with Gasteiger partial charge in [-0.05, 0) is 56.2 Å². The van der Waals surface area contributed by atoms with Crippen LogP contribution < -0.4 is 10.9 Å². The highest BCUT2D eigenvalue weighted by molar-refractivity contribution is 5.84. The molecule has 2 N–H and O–H groups in total. The van der Waals surface area contributed by atoms with E-state index < -0.39 is 0 Å². The normalized spacial score (nSPS) is 23.4. The standard InChI is InChI=1S/C27H27N5O2/c1-17-18(16-28-32(17)21-7-3-2-4-8-21)11-24(33)29-20-14-27(15-20)12-19(13-27)25-22-9-5-6-10-23(22)26(34)31-30-25/h2-10,16,19-20H,11-15H2,1H3,(H,29,33)(H,31,34). The highest BCUT2D eigenvalue weighted by Crippen LogP contribution is 2.62. The third-order valence-corrected chi connectivity index (χ3v) is 7.66. The Morgan fingerprint density at radius 2 is 1.76 bits per heavy atom. The van der Waals surface area contributed by atoms with E-state index in [9.17, 15) is 9.59 Å². The molecule has 7 heteroatoms. The van der Waals surface area contributed by atoms with Gasteiger partial charge in [0.1, 0.15) is 0 Å². The zero-order valence-electron chi connectivity index (χ0n) is 19.1. The number of carbonyl (C=O) groups excluding carboxylic acids is 1. The zero-order chi connectivity index (χ0) is 23.3. The molecule has 1 spiro atoms. The Kier molecular flexibility index (Phi) is 4.86. The van der Waals surface area contributed by atoms with Crippen molar-refractivity contribution in [2.24, 2.45) is 5.41 Å². The van der Waals surface area contributed by atoms with Crippen LogP contribution in [-0.4, -0.2) is 31.9 Å². The Morgan fingerprint density at radius 3 is 2.53 bits per heavy atom. The quantitative estimate of drug-likeness (QED) is 0.481. The van der Waals surface area contributed by atoms with E-state index in [0.29, 0.717) is 23.1 Å². The van der Waals surface area contributed by atoms with E-state index in [1.54, 1.807) is 6.20 Å². The van der Waals surface area contributed by atoms with E-state index in [1.165, 1.54) is 0 Å². The van der Waals surface area contributed by atoms with Crippen LogP contribution in [0.3, 0.4) is 0 Å². The molecule has 1 amide bonds. The van der Waals surface area contributed by atoms with Gasteiger partial charge >= 0.3 is 0 Å². The van der Waals surface area contributed by atoms with Crippen LogP contribution in [0.4, 0.5) is 0 Å². The number of rotatable bonds is 5. The number of fused-ring (bicyclic) bond motifs is 1. The van der Waals surface area contributed by atoms with Crippen molar-refractivity contribution in [1.82, 2.24) is 25.3 Å². The van der Waals surface area contributed by atoms with Gasteiger partial charge in [-0.3, -0.25) is 9.59 Å². The maximum absolute atomic E-state index is 12.7. The first-order valence-corrected chi connectivity index (χ1v) is 11.9. The monoisotopic (exact) mass is 453 g/mol. The second-order valence-corrected chi connectivity index (χ2v) is 9.94. The third kappa shape index (κ3) is 3.52. The second-order valence-electron chi connectivity index (χ2n) is 9.94. The number of para-hydroxylation sites is 1. The first kappa shape index (κ1) is 20.8. The molecule has 6 rings (SSSR count). The summed E-state index contributed by atoms with van der Waals surface area (Å²) in [6.45, 7) is 2.00. The third-order valence-electron chi connectivity index (χ3n) is 7.66. The van der Waals surface area contributed by atoms with Gasteiger partial charge < -0.3 is 5.32 Å². The number of hydrogen-bond donors (Lipinski definition) is 2. The molecule has 0 saturated heterocycles. The van der Waals surface area contributed by atoms with Gasteiger partial charge in [0.15, 0.2) is 0 Å². The fourth-order valence-electron chi connectivity index (χ4n) is 5.95. The summed E-state index contributed by atoms with van der Waals surface area (Å²) in [5.74, 6) is 0.421. The van der Waals surface area contributed by atoms with Crippen LogP contribution in [0, 0.1) is 12.3 Å². The second kappa shape index (κ2) is 7.94. The molecule has 0 bridgehead atoms. The van der Waals surface area contributed by atoms with E-state index in [1.807, 2.05) is 66.2 Å². The molecule has 2 aromatic carbocycles. The zero-order valence-corrected chi connectivity index (χ0v) is 19.1. The lowest BCUT2D eigenvalue weighted by atomic mass is 9.49. The maximum Gasteiger partial charge on any atom is 0.272 e. The Balaban J connectivity index is 1.04. The number of aromatic nitrogens is 4. The van der Waals surface area contributed by atoms with Gasteiger partial charge in [0.05, 0.1) is 29.4 Å². The minimum absolute atomic E-state index is 0.0553. The summed E-state index contributed by atoms with van der Waals surface area (Å²) in [6.07, 6.45) is 6.29. The minimum atomic E-state index is -0.135. The summed E-state index contributed by atoms with van der Waals surface area (Å²) >= 11 is 0. The molecule has 2 heterocycles. The van der Waals surface area contributed by atoms with Crippen molar-refractivity contribution in [3.63, 3.8) is 0 Å². The number of nitrogens with zero attached hydrogens (tertiary/aromatic N) is 3. The van der Waals surface area contributed by atoms with Gasteiger partial charge in [-0.25, -0.2) is 9.78 Å². The molecule has 0 radical (unpaired) electrons. The number of amides is 1. The smallest absolute Gasteiger partial charge is 0.272 e. The Bertz CT molecular complexity index is 1420. The lowest BCUT2D eigenvalue weighted by Gasteiger charge is -2.57. The summed E-state index contributed by atoms with van der Waals surface area (Å²) < 4.78 is 1.88. The van der Waals surface area contributed by atoms with Crippen molar-refractivity contribution in [1.29, 1.82) is 0 Å². The molecule has 2 aliphatic carbocycles. The van der Waals surface area contributed by atoms with Crippen molar-refractivity contribution >= 4 is 16.7 Å². The average Bonchev–Trinajstić information content (AvgIpc) is 3.16. The summed E-state index contributed by atoms with van der Waals surface area (Å²) in [5.41, 5.74) is 4.11. The van der Waals surface area contributed by atoms with Crippen molar-refractivity contribution in [3.05, 3.63) is 88.1 Å². The van der Waals surface area contributed by atoms with Gasteiger partial charge in [0.2, 0.25) is 5.91 Å². The molecule has 0 aliphatic heterocycles. The lowest BCUT2D eigenvalue weighted by Crippen LogP contribution is -2.56. The summed E-state index contributed by atoms with van der Waals surface area (Å²) in [4.78, 5) is 24.8. The molecular formula is C27H27N5O2.